The number of hydrogen-bond donors (Lipinski definition) is 0. The molecule has 0 N–H and O–H groups in total. The minimum absolute atomic E-state index is 0.315. The average molecular weight is 216 g/mol. The molecule has 1 heterocycles. The molecule has 0 saturated carbocycles. The van der Waals surface area contributed by atoms with Gasteiger partial charge in [0.15, 0.2) is 0 Å². The van der Waals surface area contributed by atoms with Gasteiger partial charge in [0, 0.05) is 16.9 Å². The molecule has 5 nitrogen and oxygen atoms in total. The third-order valence-electron chi connectivity index (χ3n) is 1.96. The van der Waals surface area contributed by atoms with Crippen LogP contribution >= 0.6 is 0 Å². The summed E-state index contributed by atoms with van der Waals surface area (Å²) in [7, 11) is 0. The normalized spacial score (nSPS) is 11.1. The van der Waals surface area contributed by atoms with Gasteiger partial charge in [-0.15, -0.1) is 0 Å². The molecule has 0 aliphatic rings. The largest absolute Gasteiger partial charge is 0.379 e. The van der Waals surface area contributed by atoms with Crippen molar-refractivity contribution in [3.05, 3.63) is 30.5 Å². The highest BCUT2D eigenvalue weighted by atomic mass is 16.6. The lowest BCUT2D eigenvalue weighted by atomic mass is 10.2. The molecule has 82 valence electrons. The van der Waals surface area contributed by atoms with Crippen molar-refractivity contribution in [2.45, 2.75) is 13.3 Å². The smallest absolute Gasteiger partial charge is 0.272 e. The number of aromatic nitrogens is 2. The lowest BCUT2D eigenvalue weighted by Gasteiger charge is -1.96. The summed E-state index contributed by atoms with van der Waals surface area (Å²) in [5.41, 5.74) is 0.849. The van der Waals surface area contributed by atoms with Gasteiger partial charge in [0.1, 0.15) is 6.61 Å². The van der Waals surface area contributed by atoms with Gasteiger partial charge < -0.3 is 4.84 Å². The van der Waals surface area contributed by atoms with Crippen molar-refractivity contribution in [3.8, 4) is 0 Å². The summed E-state index contributed by atoms with van der Waals surface area (Å²) in [5.74, 6) is 0.315. The van der Waals surface area contributed by atoms with Crippen LogP contribution in [0.4, 0.5) is 5.95 Å². The molecule has 0 bridgehead atoms. The van der Waals surface area contributed by atoms with E-state index < -0.39 is 0 Å². The minimum atomic E-state index is 0.315. The van der Waals surface area contributed by atoms with Crippen molar-refractivity contribution in [2.24, 2.45) is 10.4 Å². The number of benzene rings is 1. The second kappa shape index (κ2) is 5.16. The molecule has 0 aliphatic carbocycles. The van der Waals surface area contributed by atoms with Gasteiger partial charge in [-0.05, 0) is 12.5 Å². The topological polar surface area (TPSA) is 59.7 Å². The van der Waals surface area contributed by atoms with Gasteiger partial charge >= 0.3 is 0 Å². The molecule has 1 aromatic carbocycles. The Morgan fingerprint density at radius 2 is 2.19 bits per heavy atom. The molecule has 0 atom stereocenters. The van der Waals surface area contributed by atoms with Gasteiger partial charge in [-0.1, -0.05) is 30.2 Å². The fraction of sp³-hybridized carbons (Fsp3) is 0.273. The molecule has 0 spiro atoms. The molecule has 1 aromatic heterocycles. The fourth-order valence-corrected chi connectivity index (χ4v) is 1.21. The highest BCUT2D eigenvalue weighted by Crippen LogP contribution is 2.13. The maximum absolute atomic E-state index is 4.88. The van der Waals surface area contributed by atoms with Crippen LogP contribution in [0.1, 0.15) is 13.3 Å². The van der Waals surface area contributed by atoms with Crippen molar-refractivity contribution >= 4 is 16.9 Å². The first kappa shape index (κ1) is 10.5. The van der Waals surface area contributed by atoms with Crippen molar-refractivity contribution in [1.29, 1.82) is 0 Å². The van der Waals surface area contributed by atoms with Crippen LogP contribution in [0.5, 0.6) is 0 Å². The van der Waals surface area contributed by atoms with Crippen molar-refractivity contribution in [3.63, 3.8) is 0 Å². The van der Waals surface area contributed by atoms with Crippen molar-refractivity contribution in [1.82, 2.24) is 9.97 Å². The first-order chi connectivity index (χ1) is 7.90. The number of fused-ring (bicyclic) bond motifs is 1. The van der Waals surface area contributed by atoms with Gasteiger partial charge in [0.05, 0.1) is 5.52 Å². The van der Waals surface area contributed by atoms with E-state index in [2.05, 4.69) is 20.4 Å². The lowest BCUT2D eigenvalue weighted by Crippen LogP contribution is -1.84. The maximum Gasteiger partial charge on any atom is 0.272 e. The Kier molecular flexibility index (Phi) is 3.38. The number of hydrogen-bond acceptors (Lipinski definition) is 5. The molecular weight excluding hydrogens is 204 g/mol. The molecule has 0 saturated heterocycles. The molecule has 0 amide bonds. The van der Waals surface area contributed by atoms with Gasteiger partial charge in [-0.3, -0.25) is 0 Å². The molecule has 2 aromatic rings. The number of para-hydroxylation sites is 1. The van der Waals surface area contributed by atoms with Gasteiger partial charge in [-0.2, -0.15) is 0 Å². The van der Waals surface area contributed by atoms with Crippen molar-refractivity contribution < 1.29 is 4.84 Å². The summed E-state index contributed by atoms with van der Waals surface area (Å²) in [4.78, 5) is 13.2. The average Bonchev–Trinajstić information content (AvgIpc) is 2.34. The van der Waals surface area contributed by atoms with E-state index in [4.69, 9.17) is 4.84 Å². The molecule has 0 aliphatic heterocycles. The van der Waals surface area contributed by atoms with Crippen LogP contribution in [-0.2, 0) is 4.84 Å². The Morgan fingerprint density at radius 1 is 1.31 bits per heavy atom. The van der Waals surface area contributed by atoms with Gasteiger partial charge in [0.25, 0.3) is 5.95 Å². The molecule has 0 unspecified atom stereocenters. The lowest BCUT2D eigenvalue weighted by molar-refractivity contribution is 0.126. The van der Waals surface area contributed by atoms with E-state index in [0.29, 0.717) is 12.6 Å². The number of nitrogens with zero attached hydrogens (tertiary/aromatic N) is 4. The summed E-state index contributed by atoms with van der Waals surface area (Å²) < 4.78 is 0. The van der Waals surface area contributed by atoms with Crippen LogP contribution < -0.4 is 0 Å². The van der Waals surface area contributed by atoms with Gasteiger partial charge in [0.2, 0.25) is 0 Å². The Hall–Kier alpha value is -2.04. The standard InChI is InChI=1S/C11H12N4O/c1-2-7-16-15-14-11-12-8-9-5-3-4-6-10(9)13-11/h3-6,8H,2,7H2,1H3. The maximum atomic E-state index is 4.88. The molecule has 5 heteroatoms. The first-order valence-corrected chi connectivity index (χ1v) is 5.15. The van der Waals surface area contributed by atoms with Crippen LogP contribution in [0.15, 0.2) is 40.9 Å². The number of rotatable bonds is 4. The Morgan fingerprint density at radius 3 is 3.06 bits per heavy atom. The predicted octanol–water partition coefficient (Wildman–Crippen LogP) is 3.06. The van der Waals surface area contributed by atoms with Crippen molar-refractivity contribution in [2.75, 3.05) is 6.61 Å². The summed E-state index contributed by atoms with van der Waals surface area (Å²) in [5, 5.41) is 8.29. The molecule has 16 heavy (non-hydrogen) atoms. The molecular formula is C11H12N4O. The molecule has 0 fully saturated rings. The summed E-state index contributed by atoms with van der Waals surface area (Å²) in [6.07, 6.45) is 2.62. The quantitative estimate of drug-likeness (QED) is 0.448. The molecule has 2 rings (SSSR count). The summed E-state index contributed by atoms with van der Waals surface area (Å²) in [6, 6.07) is 7.72. The van der Waals surface area contributed by atoms with Crippen LogP contribution in [0.25, 0.3) is 10.9 Å². The monoisotopic (exact) mass is 216 g/mol. The minimum Gasteiger partial charge on any atom is -0.379 e. The predicted molar refractivity (Wildman–Crippen MR) is 60.3 cm³/mol. The zero-order valence-electron chi connectivity index (χ0n) is 9.00. The summed E-state index contributed by atoms with van der Waals surface area (Å²) >= 11 is 0. The van der Waals surface area contributed by atoms with E-state index in [0.717, 1.165) is 17.3 Å². The van der Waals surface area contributed by atoms with E-state index in [1.807, 2.05) is 31.2 Å². The van der Waals surface area contributed by atoms with Gasteiger partial charge in [-0.25, -0.2) is 9.97 Å². The summed E-state index contributed by atoms with van der Waals surface area (Å²) in [6.45, 7) is 2.55. The highest BCUT2D eigenvalue weighted by Gasteiger charge is 1.97. The van der Waals surface area contributed by atoms with Crippen LogP contribution in [0, 0.1) is 0 Å². The Balaban J connectivity index is 2.16. The second-order valence-corrected chi connectivity index (χ2v) is 3.24. The third-order valence-corrected chi connectivity index (χ3v) is 1.96. The first-order valence-electron chi connectivity index (χ1n) is 5.15. The zero-order chi connectivity index (χ0) is 11.2. The Labute approximate surface area is 93.2 Å². The zero-order valence-corrected chi connectivity index (χ0v) is 9.00. The Bertz CT molecular complexity index is 498. The van der Waals surface area contributed by atoms with E-state index >= 15 is 0 Å². The van der Waals surface area contributed by atoms with E-state index in [-0.39, 0.29) is 0 Å². The fourth-order valence-electron chi connectivity index (χ4n) is 1.21. The van der Waals surface area contributed by atoms with E-state index in [9.17, 15) is 0 Å². The third kappa shape index (κ3) is 2.50. The highest BCUT2D eigenvalue weighted by molar-refractivity contribution is 5.78. The van der Waals surface area contributed by atoms with Crippen LogP contribution in [0.2, 0.25) is 0 Å². The SMILES string of the molecule is CCCON=Nc1ncc2ccccc2n1. The van der Waals surface area contributed by atoms with Crippen LogP contribution in [-0.4, -0.2) is 16.6 Å². The molecule has 0 radical (unpaired) electrons. The van der Waals surface area contributed by atoms with Crippen LogP contribution in [0.3, 0.4) is 0 Å². The van der Waals surface area contributed by atoms with E-state index in [1.165, 1.54) is 0 Å². The van der Waals surface area contributed by atoms with E-state index in [1.54, 1.807) is 6.20 Å². The second-order valence-electron chi connectivity index (χ2n) is 3.24.